The Balaban J connectivity index is 1.46. The number of aromatic nitrogens is 2. The molecule has 0 spiro atoms. The van der Waals surface area contributed by atoms with Crippen molar-refractivity contribution >= 4 is 17.1 Å². The van der Waals surface area contributed by atoms with Gasteiger partial charge in [0.25, 0.3) is 0 Å². The molecule has 1 aromatic heterocycles. The van der Waals surface area contributed by atoms with Gasteiger partial charge in [0.15, 0.2) is 0 Å². The van der Waals surface area contributed by atoms with Gasteiger partial charge in [0.05, 0.1) is 11.0 Å². The standard InChI is InChI=1S/C31H43FN4O2/c1-20(2)27-25-13-12-24(32)19-23(25)14-15-31(27,38-30(37)35(5)6)16-18-36(7)17-8-9-26-33-28-21(3)10-11-22(4)29(28)34-26/h10-13,19-20,27H,8-9,14-18H2,1-7H3,(H,33,34). The molecule has 2 aromatic carbocycles. The number of hydrogen-bond donors (Lipinski definition) is 1. The molecule has 6 nitrogen and oxygen atoms in total. The maximum Gasteiger partial charge on any atom is 0.409 e. The SMILES string of the molecule is Cc1ccc(C)c2[nH]c(CCCN(C)CCC3(OC(=O)N(C)C)CCc4cc(F)ccc4C3C(C)C)nc12. The molecule has 0 fully saturated rings. The lowest BCUT2D eigenvalue weighted by Crippen LogP contribution is -2.50. The second-order valence-electron chi connectivity index (χ2n) is 11.7. The van der Waals surface area contributed by atoms with E-state index in [4.69, 9.17) is 9.72 Å². The van der Waals surface area contributed by atoms with E-state index in [2.05, 4.69) is 56.8 Å². The van der Waals surface area contributed by atoms with Gasteiger partial charge < -0.3 is 19.5 Å². The van der Waals surface area contributed by atoms with E-state index >= 15 is 0 Å². The molecule has 7 heteroatoms. The van der Waals surface area contributed by atoms with Crippen molar-refractivity contribution in [1.82, 2.24) is 19.8 Å². The van der Waals surface area contributed by atoms with Gasteiger partial charge in [-0.1, -0.05) is 32.0 Å². The molecule has 4 rings (SSSR count). The van der Waals surface area contributed by atoms with Crippen LogP contribution >= 0.6 is 0 Å². The second kappa shape index (κ2) is 11.4. The molecule has 2 unspecified atom stereocenters. The van der Waals surface area contributed by atoms with E-state index in [1.807, 2.05) is 6.07 Å². The number of ether oxygens (including phenoxy) is 1. The van der Waals surface area contributed by atoms with Crippen LogP contribution in [0.2, 0.25) is 0 Å². The fourth-order valence-electron chi connectivity index (χ4n) is 6.09. The van der Waals surface area contributed by atoms with E-state index in [0.29, 0.717) is 12.8 Å². The van der Waals surface area contributed by atoms with Crippen molar-refractivity contribution in [3.63, 3.8) is 0 Å². The number of H-pyrrole nitrogens is 1. The maximum atomic E-state index is 14.0. The zero-order valence-corrected chi connectivity index (χ0v) is 24.0. The van der Waals surface area contributed by atoms with E-state index in [1.54, 1.807) is 20.2 Å². The number of aryl methyl sites for hydroxylation is 4. The summed E-state index contributed by atoms with van der Waals surface area (Å²) in [6.45, 7) is 10.3. The van der Waals surface area contributed by atoms with Gasteiger partial charge >= 0.3 is 6.09 Å². The number of carbonyl (C=O) groups excluding carboxylic acids is 1. The van der Waals surface area contributed by atoms with Gasteiger partial charge in [0.1, 0.15) is 17.2 Å². The Morgan fingerprint density at radius 3 is 2.58 bits per heavy atom. The van der Waals surface area contributed by atoms with Crippen LogP contribution in [0, 0.1) is 25.6 Å². The third-order valence-electron chi connectivity index (χ3n) is 8.12. The summed E-state index contributed by atoms with van der Waals surface area (Å²) in [4.78, 5) is 25.0. The third kappa shape index (κ3) is 5.88. The molecule has 1 N–H and O–H groups in total. The molecule has 38 heavy (non-hydrogen) atoms. The van der Waals surface area contributed by atoms with Crippen molar-refractivity contribution < 1.29 is 13.9 Å². The highest BCUT2D eigenvalue weighted by Crippen LogP contribution is 2.48. The fraction of sp³-hybridized carbons (Fsp3) is 0.548. The summed E-state index contributed by atoms with van der Waals surface area (Å²) in [5.41, 5.74) is 6.12. The van der Waals surface area contributed by atoms with E-state index < -0.39 is 5.60 Å². The van der Waals surface area contributed by atoms with Crippen LogP contribution in [0.15, 0.2) is 30.3 Å². The van der Waals surface area contributed by atoms with Crippen molar-refractivity contribution in [2.75, 3.05) is 34.2 Å². The molecule has 1 aliphatic carbocycles. The summed E-state index contributed by atoms with van der Waals surface area (Å²) in [5.74, 6) is 1.06. The Labute approximate surface area is 226 Å². The van der Waals surface area contributed by atoms with Crippen LogP contribution in [-0.2, 0) is 17.6 Å². The zero-order chi connectivity index (χ0) is 27.6. The zero-order valence-electron chi connectivity index (χ0n) is 24.0. The lowest BCUT2D eigenvalue weighted by atomic mass is 9.65. The van der Waals surface area contributed by atoms with E-state index in [-0.39, 0.29) is 23.7 Å². The minimum absolute atomic E-state index is 0.00572. The number of rotatable bonds is 9. The Kier molecular flexibility index (Phi) is 8.46. The monoisotopic (exact) mass is 522 g/mol. The molecule has 3 aromatic rings. The first-order chi connectivity index (χ1) is 18.0. The normalized spacial score (nSPS) is 19.3. The summed E-state index contributed by atoms with van der Waals surface area (Å²) >= 11 is 0. The Bertz CT molecular complexity index is 1250. The van der Waals surface area contributed by atoms with Crippen LogP contribution in [-0.4, -0.2) is 65.7 Å². The van der Waals surface area contributed by atoms with Crippen molar-refractivity contribution in [3.05, 3.63) is 64.2 Å². The Hall–Kier alpha value is -2.93. The maximum absolute atomic E-state index is 14.0. The van der Waals surface area contributed by atoms with E-state index in [1.165, 1.54) is 22.1 Å². The van der Waals surface area contributed by atoms with E-state index in [0.717, 1.165) is 60.3 Å². The fourth-order valence-corrected chi connectivity index (χ4v) is 6.09. The summed E-state index contributed by atoms with van der Waals surface area (Å²) in [6, 6.07) is 9.34. The van der Waals surface area contributed by atoms with Gasteiger partial charge in [-0.3, -0.25) is 0 Å². The number of imidazole rings is 1. The average molecular weight is 523 g/mol. The minimum atomic E-state index is -0.637. The van der Waals surface area contributed by atoms with Crippen LogP contribution in [0.4, 0.5) is 9.18 Å². The van der Waals surface area contributed by atoms with Gasteiger partial charge in [-0.25, -0.2) is 14.2 Å². The highest BCUT2D eigenvalue weighted by atomic mass is 19.1. The molecular weight excluding hydrogens is 479 g/mol. The Morgan fingerprint density at radius 1 is 1.16 bits per heavy atom. The number of benzene rings is 2. The molecule has 0 radical (unpaired) electrons. The second-order valence-corrected chi connectivity index (χ2v) is 11.7. The number of fused-ring (bicyclic) bond motifs is 2. The van der Waals surface area contributed by atoms with Crippen molar-refractivity contribution in [3.8, 4) is 0 Å². The number of halogens is 1. The smallest absolute Gasteiger partial charge is 0.409 e. The van der Waals surface area contributed by atoms with Gasteiger partial charge in [0, 0.05) is 39.4 Å². The number of nitrogens with one attached hydrogen (secondary N) is 1. The number of amides is 1. The van der Waals surface area contributed by atoms with Crippen LogP contribution in [0.5, 0.6) is 0 Å². The summed E-state index contributed by atoms with van der Waals surface area (Å²) < 4.78 is 20.4. The highest BCUT2D eigenvalue weighted by Gasteiger charge is 2.48. The van der Waals surface area contributed by atoms with Crippen LogP contribution in [0.25, 0.3) is 11.0 Å². The molecule has 0 saturated heterocycles. The highest BCUT2D eigenvalue weighted by molar-refractivity contribution is 5.81. The minimum Gasteiger partial charge on any atom is -0.442 e. The number of nitrogens with zero attached hydrogens (tertiary/aromatic N) is 3. The molecule has 0 saturated carbocycles. The molecule has 0 bridgehead atoms. The summed E-state index contributed by atoms with van der Waals surface area (Å²) in [5, 5.41) is 0. The molecule has 2 atom stereocenters. The number of aromatic amines is 1. The van der Waals surface area contributed by atoms with Crippen molar-refractivity contribution in [1.29, 1.82) is 0 Å². The van der Waals surface area contributed by atoms with Crippen LogP contribution < -0.4 is 0 Å². The topological polar surface area (TPSA) is 61.5 Å². The van der Waals surface area contributed by atoms with Crippen molar-refractivity contribution in [2.24, 2.45) is 5.92 Å². The van der Waals surface area contributed by atoms with Gasteiger partial charge in [0.2, 0.25) is 0 Å². The molecule has 1 aliphatic rings. The molecule has 1 amide bonds. The first-order valence-corrected chi connectivity index (χ1v) is 13.8. The third-order valence-corrected chi connectivity index (χ3v) is 8.12. The van der Waals surface area contributed by atoms with Gasteiger partial charge in [-0.2, -0.15) is 0 Å². The van der Waals surface area contributed by atoms with Gasteiger partial charge in [-0.15, -0.1) is 0 Å². The predicted octanol–water partition coefficient (Wildman–Crippen LogP) is 6.40. The predicted molar refractivity (Wildman–Crippen MR) is 151 cm³/mol. The average Bonchev–Trinajstić information content (AvgIpc) is 3.30. The lowest BCUT2D eigenvalue weighted by molar-refractivity contribution is -0.0539. The van der Waals surface area contributed by atoms with Crippen molar-refractivity contribution in [2.45, 2.75) is 71.3 Å². The molecule has 206 valence electrons. The first-order valence-electron chi connectivity index (χ1n) is 13.8. The first kappa shape index (κ1) is 28.1. The lowest BCUT2D eigenvalue weighted by Gasteiger charge is -2.47. The Morgan fingerprint density at radius 2 is 1.89 bits per heavy atom. The van der Waals surface area contributed by atoms with E-state index in [9.17, 15) is 9.18 Å². The van der Waals surface area contributed by atoms with Gasteiger partial charge in [-0.05, 0) is 87.0 Å². The van der Waals surface area contributed by atoms with Crippen LogP contribution in [0.3, 0.4) is 0 Å². The summed E-state index contributed by atoms with van der Waals surface area (Å²) in [7, 11) is 5.57. The molecule has 1 heterocycles. The van der Waals surface area contributed by atoms with Crippen LogP contribution in [0.1, 0.15) is 67.1 Å². The summed E-state index contributed by atoms with van der Waals surface area (Å²) in [6.07, 6.45) is 3.66. The largest absolute Gasteiger partial charge is 0.442 e. The number of hydrogen-bond acceptors (Lipinski definition) is 4. The quantitative estimate of drug-likeness (QED) is 0.353. The molecular formula is C31H43FN4O2. The molecule has 0 aliphatic heterocycles. The number of carbonyl (C=O) groups is 1.